The quantitative estimate of drug-likeness (QED) is 0.867. The molecule has 0 aliphatic heterocycles. The molecule has 0 heterocycles. The maximum Gasteiger partial charge on any atom is 0.0471 e. The second kappa shape index (κ2) is 9.40. The molecule has 2 N–H and O–H groups in total. The van der Waals surface area contributed by atoms with Crippen LogP contribution < -0.4 is 0 Å². The van der Waals surface area contributed by atoms with Crippen molar-refractivity contribution in [1.29, 1.82) is 0 Å². The van der Waals surface area contributed by atoms with Gasteiger partial charge in [-0.2, -0.15) is 0 Å². The summed E-state index contributed by atoms with van der Waals surface area (Å²) in [6.45, 7) is 0.480. The van der Waals surface area contributed by atoms with Crippen LogP contribution in [0.2, 0.25) is 0 Å². The Labute approximate surface area is 109 Å². The second-order valence-corrected chi connectivity index (χ2v) is 3.92. The van der Waals surface area contributed by atoms with E-state index in [2.05, 4.69) is 0 Å². The van der Waals surface area contributed by atoms with E-state index >= 15 is 0 Å². The lowest BCUT2D eigenvalue weighted by Crippen LogP contribution is -1.88. The molecule has 2 rings (SSSR count). The van der Waals surface area contributed by atoms with Crippen LogP contribution in [0.25, 0.3) is 0 Å². The van der Waals surface area contributed by atoms with Crippen molar-refractivity contribution in [3.05, 3.63) is 71.8 Å². The minimum absolute atomic E-state index is 0.240. The van der Waals surface area contributed by atoms with Gasteiger partial charge in [-0.15, -0.1) is 0 Å². The number of hydrogen-bond donors (Lipinski definition) is 2. The van der Waals surface area contributed by atoms with Crippen molar-refractivity contribution < 1.29 is 10.2 Å². The number of aliphatic hydroxyl groups excluding tert-OH is 2. The third-order valence-electron chi connectivity index (χ3n) is 2.49. The molecule has 18 heavy (non-hydrogen) atoms. The van der Waals surface area contributed by atoms with Crippen LogP contribution in [0.15, 0.2) is 60.7 Å². The average Bonchev–Trinajstić information content (AvgIpc) is 2.43. The molecular formula is C16H20O2. The molecule has 0 saturated heterocycles. The third-order valence-corrected chi connectivity index (χ3v) is 2.49. The van der Waals surface area contributed by atoms with E-state index in [0.29, 0.717) is 0 Å². The van der Waals surface area contributed by atoms with Gasteiger partial charge in [0, 0.05) is 13.2 Å². The van der Waals surface area contributed by atoms with Gasteiger partial charge in [0.05, 0.1) is 0 Å². The summed E-state index contributed by atoms with van der Waals surface area (Å²) in [6.07, 6.45) is 1.53. The minimum Gasteiger partial charge on any atom is -0.396 e. The highest BCUT2D eigenvalue weighted by atomic mass is 16.3. The fraction of sp³-hybridized carbons (Fsp3) is 0.250. The van der Waals surface area contributed by atoms with Crippen molar-refractivity contribution in [1.82, 2.24) is 0 Å². The van der Waals surface area contributed by atoms with Crippen LogP contribution in [-0.2, 0) is 12.8 Å². The minimum atomic E-state index is 0.240. The maximum atomic E-state index is 8.52. The summed E-state index contributed by atoms with van der Waals surface area (Å²) in [6, 6.07) is 19.9. The fourth-order valence-corrected chi connectivity index (χ4v) is 1.55. The van der Waals surface area contributed by atoms with Crippen molar-refractivity contribution in [3.8, 4) is 0 Å². The van der Waals surface area contributed by atoms with Crippen molar-refractivity contribution in [2.24, 2.45) is 0 Å². The topological polar surface area (TPSA) is 40.5 Å². The van der Waals surface area contributed by atoms with Gasteiger partial charge in [0.25, 0.3) is 0 Å². The standard InChI is InChI=1S/2C8H10O/c2*9-7-6-8-4-2-1-3-5-8/h2*1-5,9H,6-7H2. The van der Waals surface area contributed by atoms with Gasteiger partial charge < -0.3 is 10.2 Å². The summed E-state index contributed by atoms with van der Waals surface area (Å²) in [5, 5.41) is 17.0. The summed E-state index contributed by atoms with van der Waals surface area (Å²) in [5.41, 5.74) is 2.39. The molecule has 0 aromatic heterocycles. The first-order valence-electron chi connectivity index (χ1n) is 6.16. The first kappa shape index (κ1) is 14.4. The van der Waals surface area contributed by atoms with Crippen molar-refractivity contribution >= 4 is 0 Å². The monoisotopic (exact) mass is 244 g/mol. The molecule has 0 saturated carbocycles. The lowest BCUT2D eigenvalue weighted by atomic mass is 10.2. The van der Waals surface area contributed by atoms with Gasteiger partial charge in [-0.1, -0.05) is 60.7 Å². The summed E-state index contributed by atoms with van der Waals surface area (Å²) in [7, 11) is 0. The molecular weight excluding hydrogens is 224 g/mol. The molecule has 0 aliphatic rings. The highest BCUT2D eigenvalue weighted by Crippen LogP contribution is 1.98. The van der Waals surface area contributed by atoms with E-state index < -0.39 is 0 Å². The summed E-state index contributed by atoms with van der Waals surface area (Å²) in [5.74, 6) is 0. The summed E-state index contributed by atoms with van der Waals surface area (Å²) in [4.78, 5) is 0. The van der Waals surface area contributed by atoms with Crippen LogP contribution in [0, 0.1) is 0 Å². The smallest absolute Gasteiger partial charge is 0.0471 e. The van der Waals surface area contributed by atoms with Gasteiger partial charge in [0.15, 0.2) is 0 Å². The molecule has 2 aromatic carbocycles. The molecule has 0 amide bonds. The lowest BCUT2D eigenvalue weighted by molar-refractivity contribution is 0.299. The third kappa shape index (κ3) is 6.18. The highest BCUT2D eigenvalue weighted by Gasteiger charge is 1.86. The van der Waals surface area contributed by atoms with Gasteiger partial charge in [-0.05, 0) is 24.0 Å². The van der Waals surface area contributed by atoms with E-state index in [0.717, 1.165) is 12.8 Å². The molecule has 0 fully saturated rings. The first-order chi connectivity index (χ1) is 8.86. The Morgan fingerprint density at radius 3 is 1.17 bits per heavy atom. The lowest BCUT2D eigenvalue weighted by Gasteiger charge is -1.93. The number of rotatable bonds is 4. The molecule has 0 bridgehead atoms. The van der Waals surface area contributed by atoms with Gasteiger partial charge in [-0.3, -0.25) is 0 Å². The SMILES string of the molecule is OCCc1ccccc1.OCCc1ccccc1. The van der Waals surface area contributed by atoms with E-state index in [9.17, 15) is 0 Å². The second-order valence-electron chi connectivity index (χ2n) is 3.92. The Bertz CT molecular complexity index is 356. The van der Waals surface area contributed by atoms with Crippen LogP contribution in [0.3, 0.4) is 0 Å². The number of hydrogen-bond acceptors (Lipinski definition) is 2. The highest BCUT2D eigenvalue weighted by molar-refractivity contribution is 5.15. The van der Waals surface area contributed by atoms with E-state index in [4.69, 9.17) is 10.2 Å². The molecule has 0 atom stereocenters. The molecule has 0 aliphatic carbocycles. The van der Waals surface area contributed by atoms with Crippen LogP contribution in [-0.4, -0.2) is 23.4 Å². The summed E-state index contributed by atoms with van der Waals surface area (Å²) >= 11 is 0. The summed E-state index contributed by atoms with van der Waals surface area (Å²) < 4.78 is 0. The van der Waals surface area contributed by atoms with E-state index in [-0.39, 0.29) is 13.2 Å². The zero-order valence-electron chi connectivity index (χ0n) is 10.5. The van der Waals surface area contributed by atoms with Crippen LogP contribution >= 0.6 is 0 Å². The van der Waals surface area contributed by atoms with Crippen molar-refractivity contribution in [3.63, 3.8) is 0 Å². The maximum absolute atomic E-state index is 8.52. The van der Waals surface area contributed by atoms with Crippen LogP contribution in [0.5, 0.6) is 0 Å². The number of aliphatic hydroxyl groups is 2. The average molecular weight is 244 g/mol. The molecule has 2 heteroatoms. The zero-order chi connectivity index (χ0) is 13.1. The zero-order valence-corrected chi connectivity index (χ0v) is 10.5. The van der Waals surface area contributed by atoms with Gasteiger partial charge >= 0.3 is 0 Å². The predicted octanol–water partition coefficient (Wildman–Crippen LogP) is 2.44. The van der Waals surface area contributed by atoms with Gasteiger partial charge in [0.1, 0.15) is 0 Å². The normalized spacial score (nSPS) is 9.44. The van der Waals surface area contributed by atoms with Crippen LogP contribution in [0.4, 0.5) is 0 Å². The predicted molar refractivity (Wildman–Crippen MR) is 74.5 cm³/mol. The Morgan fingerprint density at radius 1 is 0.556 bits per heavy atom. The van der Waals surface area contributed by atoms with Crippen molar-refractivity contribution in [2.45, 2.75) is 12.8 Å². The molecule has 0 unspecified atom stereocenters. The van der Waals surface area contributed by atoms with Crippen molar-refractivity contribution in [2.75, 3.05) is 13.2 Å². The Morgan fingerprint density at radius 2 is 0.889 bits per heavy atom. The molecule has 2 aromatic rings. The molecule has 96 valence electrons. The fourth-order valence-electron chi connectivity index (χ4n) is 1.55. The molecule has 0 radical (unpaired) electrons. The Kier molecular flexibility index (Phi) is 7.53. The molecule has 0 spiro atoms. The first-order valence-corrected chi connectivity index (χ1v) is 6.16. The largest absolute Gasteiger partial charge is 0.396 e. The van der Waals surface area contributed by atoms with E-state index in [1.54, 1.807) is 0 Å². The van der Waals surface area contributed by atoms with Crippen LogP contribution in [0.1, 0.15) is 11.1 Å². The van der Waals surface area contributed by atoms with Gasteiger partial charge in [-0.25, -0.2) is 0 Å². The molecule has 2 nitrogen and oxygen atoms in total. The Balaban J connectivity index is 0.000000180. The number of benzene rings is 2. The van der Waals surface area contributed by atoms with E-state index in [1.807, 2.05) is 60.7 Å². The Hall–Kier alpha value is -1.64. The van der Waals surface area contributed by atoms with Gasteiger partial charge in [0.2, 0.25) is 0 Å². The van der Waals surface area contributed by atoms with E-state index in [1.165, 1.54) is 11.1 Å².